The van der Waals surface area contributed by atoms with Crippen LogP contribution in [0.1, 0.15) is 18.7 Å². The minimum absolute atomic E-state index is 0.525. The van der Waals surface area contributed by atoms with E-state index >= 15 is 0 Å². The second-order valence-electron chi connectivity index (χ2n) is 4.99. The fraction of sp³-hybridized carbons (Fsp3) is 0.235. The van der Waals surface area contributed by atoms with Crippen LogP contribution < -0.4 is 4.74 Å². The van der Waals surface area contributed by atoms with Crippen molar-refractivity contribution in [1.29, 1.82) is 0 Å². The van der Waals surface area contributed by atoms with Crippen molar-refractivity contribution in [3.05, 3.63) is 48.5 Å². The first-order chi connectivity index (χ1) is 10.8. The number of aldehydes is 1. The van der Waals surface area contributed by atoms with Gasteiger partial charge in [0.25, 0.3) is 0 Å². The molecule has 0 amide bonds. The molecule has 2 heterocycles. The maximum absolute atomic E-state index is 10.3. The number of rotatable bonds is 6. The fourth-order valence-electron chi connectivity index (χ4n) is 2.39. The number of nitrogens with zero attached hydrogens (tertiary/aromatic N) is 3. The van der Waals surface area contributed by atoms with Crippen LogP contribution >= 0.6 is 0 Å². The molecule has 0 aliphatic carbocycles. The minimum atomic E-state index is 0.525. The third-order valence-corrected chi connectivity index (χ3v) is 3.42. The molecule has 0 aliphatic heterocycles. The predicted molar refractivity (Wildman–Crippen MR) is 84.4 cm³/mol. The maximum Gasteiger partial charge on any atom is 0.140 e. The van der Waals surface area contributed by atoms with E-state index in [2.05, 4.69) is 9.97 Å². The number of benzene rings is 1. The average Bonchev–Trinajstić information content (AvgIpc) is 2.96. The standard InChI is InChI=1S/C17H17N3O2/c1-13-18-9-7-17(19-13)20-10-8-14-15(20)5-4-6-16(14)22-12-3-2-11-21/h4-11H,2-3,12H2,1H3. The fourth-order valence-corrected chi connectivity index (χ4v) is 2.39. The van der Waals surface area contributed by atoms with Crippen LogP contribution in [0.2, 0.25) is 0 Å². The van der Waals surface area contributed by atoms with E-state index in [1.54, 1.807) is 6.20 Å². The lowest BCUT2D eigenvalue weighted by molar-refractivity contribution is -0.108. The number of carbonyl (C=O) groups excluding carboxylic acids is 1. The normalized spacial score (nSPS) is 10.8. The molecule has 0 fully saturated rings. The number of aromatic nitrogens is 3. The van der Waals surface area contributed by atoms with Crippen molar-refractivity contribution in [2.24, 2.45) is 0 Å². The van der Waals surface area contributed by atoms with Crippen LogP contribution in [0, 0.1) is 6.92 Å². The number of hydrogen-bond donors (Lipinski definition) is 0. The van der Waals surface area contributed by atoms with Crippen molar-refractivity contribution < 1.29 is 9.53 Å². The van der Waals surface area contributed by atoms with Crippen molar-refractivity contribution in [2.45, 2.75) is 19.8 Å². The molecule has 0 spiro atoms. The molecular weight excluding hydrogens is 278 g/mol. The van der Waals surface area contributed by atoms with Crippen molar-refractivity contribution in [3.63, 3.8) is 0 Å². The Bertz CT molecular complexity index is 795. The van der Waals surface area contributed by atoms with Crippen molar-refractivity contribution in [2.75, 3.05) is 6.61 Å². The Morgan fingerprint density at radius 3 is 3.00 bits per heavy atom. The van der Waals surface area contributed by atoms with Gasteiger partial charge in [0.15, 0.2) is 0 Å². The number of aryl methyl sites for hydroxylation is 1. The lowest BCUT2D eigenvalue weighted by atomic mass is 10.2. The molecule has 2 aromatic heterocycles. The highest BCUT2D eigenvalue weighted by Gasteiger charge is 2.08. The van der Waals surface area contributed by atoms with Gasteiger partial charge in [0.2, 0.25) is 0 Å². The third kappa shape index (κ3) is 2.83. The topological polar surface area (TPSA) is 57.0 Å². The highest BCUT2D eigenvalue weighted by Crippen LogP contribution is 2.28. The predicted octanol–water partition coefficient (Wildman–Crippen LogP) is 3.09. The van der Waals surface area contributed by atoms with Gasteiger partial charge in [-0.3, -0.25) is 0 Å². The van der Waals surface area contributed by atoms with Gasteiger partial charge in [-0.2, -0.15) is 0 Å². The molecule has 3 rings (SSSR count). The molecule has 0 unspecified atom stereocenters. The van der Waals surface area contributed by atoms with Gasteiger partial charge in [0, 0.05) is 24.2 Å². The zero-order valence-electron chi connectivity index (χ0n) is 12.4. The zero-order valence-corrected chi connectivity index (χ0v) is 12.4. The molecule has 0 bridgehead atoms. The van der Waals surface area contributed by atoms with E-state index in [0.29, 0.717) is 13.0 Å². The van der Waals surface area contributed by atoms with Crippen molar-refractivity contribution >= 4 is 17.2 Å². The molecule has 5 heteroatoms. The molecule has 0 radical (unpaired) electrons. The highest BCUT2D eigenvalue weighted by atomic mass is 16.5. The molecule has 3 aromatic rings. The quantitative estimate of drug-likeness (QED) is 0.518. The minimum Gasteiger partial charge on any atom is -0.493 e. The average molecular weight is 295 g/mol. The molecule has 0 N–H and O–H groups in total. The molecule has 0 aliphatic rings. The maximum atomic E-state index is 10.3. The van der Waals surface area contributed by atoms with E-state index in [1.807, 2.05) is 48.0 Å². The van der Waals surface area contributed by atoms with E-state index in [-0.39, 0.29) is 0 Å². The summed E-state index contributed by atoms with van der Waals surface area (Å²) in [4.78, 5) is 18.9. The highest BCUT2D eigenvalue weighted by molar-refractivity contribution is 5.87. The molecule has 0 saturated heterocycles. The van der Waals surface area contributed by atoms with E-state index < -0.39 is 0 Å². The molecule has 1 aromatic carbocycles. The summed E-state index contributed by atoms with van der Waals surface area (Å²) >= 11 is 0. The summed E-state index contributed by atoms with van der Waals surface area (Å²) in [5.41, 5.74) is 1.03. The summed E-state index contributed by atoms with van der Waals surface area (Å²) < 4.78 is 7.81. The summed E-state index contributed by atoms with van der Waals surface area (Å²) in [5.74, 6) is 2.40. The van der Waals surface area contributed by atoms with Crippen molar-refractivity contribution in [1.82, 2.24) is 14.5 Å². The number of fused-ring (bicyclic) bond motifs is 1. The molecule has 112 valence electrons. The first kappa shape index (κ1) is 14.3. The van der Waals surface area contributed by atoms with Gasteiger partial charge in [-0.15, -0.1) is 0 Å². The summed E-state index contributed by atoms with van der Waals surface area (Å²) in [5, 5.41) is 1.03. The van der Waals surface area contributed by atoms with Crippen LogP contribution in [-0.2, 0) is 4.79 Å². The van der Waals surface area contributed by atoms with Gasteiger partial charge >= 0.3 is 0 Å². The van der Waals surface area contributed by atoms with E-state index in [0.717, 1.165) is 41.0 Å². The number of ether oxygens (including phenoxy) is 1. The Kier molecular flexibility index (Phi) is 4.14. The molecule has 0 saturated carbocycles. The smallest absolute Gasteiger partial charge is 0.140 e. The van der Waals surface area contributed by atoms with Crippen LogP contribution in [0.25, 0.3) is 16.7 Å². The van der Waals surface area contributed by atoms with E-state index in [9.17, 15) is 4.79 Å². The lowest BCUT2D eigenvalue weighted by Crippen LogP contribution is -1.99. The first-order valence-corrected chi connectivity index (χ1v) is 7.26. The van der Waals surface area contributed by atoms with Crippen LogP contribution in [0.4, 0.5) is 0 Å². The van der Waals surface area contributed by atoms with Crippen LogP contribution in [0.15, 0.2) is 42.7 Å². The van der Waals surface area contributed by atoms with Crippen LogP contribution in [0.5, 0.6) is 5.75 Å². The van der Waals surface area contributed by atoms with E-state index in [1.165, 1.54) is 0 Å². The molecular formula is C17H17N3O2. The largest absolute Gasteiger partial charge is 0.493 e. The summed E-state index contributed by atoms with van der Waals surface area (Å²) in [7, 11) is 0. The zero-order chi connectivity index (χ0) is 15.4. The molecule has 22 heavy (non-hydrogen) atoms. The van der Waals surface area contributed by atoms with Gasteiger partial charge in [-0.25, -0.2) is 9.97 Å². The van der Waals surface area contributed by atoms with Gasteiger partial charge in [0.05, 0.1) is 12.1 Å². The third-order valence-electron chi connectivity index (χ3n) is 3.42. The Morgan fingerprint density at radius 2 is 2.18 bits per heavy atom. The Labute approximate surface area is 128 Å². The summed E-state index contributed by atoms with van der Waals surface area (Å²) in [6.45, 7) is 2.41. The van der Waals surface area contributed by atoms with Crippen LogP contribution in [-0.4, -0.2) is 27.4 Å². The monoisotopic (exact) mass is 295 g/mol. The van der Waals surface area contributed by atoms with Gasteiger partial charge in [0.1, 0.15) is 23.7 Å². The number of carbonyl (C=O) groups is 1. The summed E-state index contributed by atoms with van der Waals surface area (Å²) in [6.07, 6.45) is 5.90. The van der Waals surface area contributed by atoms with Gasteiger partial charge < -0.3 is 14.1 Å². The second-order valence-corrected chi connectivity index (χ2v) is 4.99. The number of unbranched alkanes of at least 4 members (excludes halogenated alkanes) is 1. The Balaban J connectivity index is 1.93. The number of hydrogen-bond acceptors (Lipinski definition) is 4. The van der Waals surface area contributed by atoms with E-state index in [4.69, 9.17) is 4.74 Å². The van der Waals surface area contributed by atoms with Crippen molar-refractivity contribution in [3.8, 4) is 11.6 Å². The Morgan fingerprint density at radius 1 is 1.27 bits per heavy atom. The molecule has 5 nitrogen and oxygen atoms in total. The van der Waals surface area contributed by atoms with Gasteiger partial charge in [-0.05, 0) is 37.6 Å². The molecule has 0 atom stereocenters. The Hall–Kier alpha value is -2.69. The van der Waals surface area contributed by atoms with Crippen LogP contribution in [0.3, 0.4) is 0 Å². The second kappa shape index (κ2) is 6.39. The summed E-state index contributed by atoms with van der Waals surface area (Å²) in [6, 6.07) is 9.83. The first-order valence-electron chi connectivity index (χ1n) is 7.26. The lowest BCUT2D eigenvalue weighted by Gasteiger charge is -2.08. The SMILES string of the molecule is Cc1nccc(-n2ccc3c(OCCCC=O)cccc32)n1. The van der Waals surface area contributed by atoms with Gasteiger partial charge in [-0.1, -0.05) is 6.07 Å².